The first-order valence-corrected chi connectivity index (χ1v) is 6.17. The van der Waals surface area contributed by atoms with Crippen LogP contribution in [0.25, 0.3) is 11.2 Å². The van der Waals surface area contributed by atoms with Crippen LogP contribution >= 0.6 is 0 Å². The van der Waals surface area contributed by atoms with E-state index < -0.39 is 0 Å². The van der Waals surface area contributed by atoms with Crippen LogP contribution < -0.4 is 10.2 Å². The molecule has 1 saturated heterocycles. The molecule has 0 saturated carbocycles. The van der Waals surface area contributed by atoms with Gasteiger partial charge in [-0.15, -0.1) is 0 Å². The SMILES string of the molecule is CNc1nc(N2CCOCC2CO)c2[nH]cnc2n1. The van der Waals surface area contributed by atoms with Gasteiger partial charge in [-0.25, -0.2) is 4.98 Å². The quantitative estimate of drug-likeness (QED) is 0.693. The van der Waals surface area contributed by atoms with E-state index in [0.717, 1.165) is 11.3 Å². The fourth-order valence-corrected chi connectivity index (χ4v) is 2.22. The Morgan fingerprint density at radius 2 is 2.47 bits per heavy atom. The molecule has 1 atom stereocenters. The van der Waals surface area contributed by atoms with Crippen molar-refractivity contribution in [2.24, 2.45) is 0 Å². The van der Waals surface area contributed by atoms with Crippen molar-refractivity contribution in [3.63, 3.8) is 0 Å². The fourth-order valence-electron chi connectivity index (χ4n) is 2.22. The van der Waals surface area contributed by atoms with E-state index in [4.69, 9.17) is 4.74 Å². The molecule has 0 spiro atoms. The predicted molar refractivity (Wildman–Crippen MR) is 70.3 cm³/mol. The minimum absolute atomic E-state index is 0.0223. The molecule has 0 amide bonds. The zero-order valence-corrected chi connectivity index (χ0v) is 10.6. The summed E-state index contributed by atoms with van der Waals surface area (Å²) in [6.07, 6.45) is 1.59. The van der Waals surface area contributed by atoms with Crippen molar-refractivity contribution in [2.75, 3.05) is 43.6 Å². The third kappa shape index (κ3) is 2.08. The van der Waals surface area contributed by atoms with Crippen LogP contribution in [-0.2, 0) is 4.74 Å². The van der Waals surface area contributed by atoms with Crippen molar-refractivity contribution >= 4 is 22.9 Å². The van der Waals surface area contributed by atoms with E-state index in [0.29, 0.717) is 31.4 Å². The van der Waals surface area contributed by atoms with E-state index in [-0.39, 0.29) is 12.6 Å². The summed E-state index contributed by atoms with van der Waals surface area (Å²) in [6, 6.07) is -0.0974. The second-order valence-electron chi connectivity index (χ2n) is 4.33. The largest absolute Gasteiger partial charge is 0.394 e. The maximum Gasteiger partial charge on any atom is 0.226 e. The van der Waals surface area contributed by atoms with E-state index in [1.165, 1.54) is 0 Å². The molecule has 1 aliphatic rings. The number of ether oxygens (including phenoxy) is 1. The molecule has 0 aliphatic carbocycles. The van der Waals surface area contributed by atoms with E-state index in [2.05, 4.69) is 25.3 Å². The number of rotatable bonds is 3. The lowest BCUT2D eigenvalue weighted by Gasteiger charge is -2.35. The molecule has 2 aromatic rings. The molecule has 102 valence electrons. The smallest absolute Gasteiger partial charge is 0.226 e. The van der Waals surface area contributed by atoms with E-state index in [9.17, 15) is 5.11 Å². The highest BCUT2D eigenvalue weighted by Crippen LogP contribution is 2.25. The molecular weight excluding hydrogens is 248 g/mol. The molecule has 0 aromatic carbocycles. The molecular formula is C11H16N6O2. The second kappa shape index (κ2) is 4.98. The molecule has 1 fully saturated rings. The van der Waals surface area contributed by atoms with E-state index >= 15 is 0 Å². The van der Waals surface area contributed by atoms with Gasteiger partial charge in [0, 0.05) is 13.6 Å². The monoisotopic (exact) mass is 264 g/mol. The van der Waals surface area contributed by atoms with Crippen LogP contribution in [0.5, 0.6) is 0 Å². The number of aromatic nitrogens is 4. The zero-order chi connectivity index (χ0) is 13.2. The van der Waals surface area contributed by atoms with Crippen LogP contribution in [0.1, 0.15) is 0 Å². The molecule has 8 nitrogen and oxygen atoms in total. The molecule has 2 aromatic heterocycles. The Morgan fingerprint density at radius 1 is 1.58 bits per heavy atom. The van der Waals surface area contributed by atoms with Gasteiger partial charge in [0.25, 0.3) is 0 Å². The number of aliphatic hydroxyl groups is 1. The molecule has 3 N–H and O–H groups in total. The molecule has 1 unspecified atom stereocenters. The summed E-state index contributed by atoms with van der Waals surface area (Å²) in [4.78, 5) is 18.0. The molecule has 19 heavy (non-hydrogen) atoms. The van der Waals surface area contributed by atoms with Crippen molar-refractivity contribution < 1.29 is 9.84 Å². The van der Waals surface area contributed by atoms with Gasteiger partial charge >= 0.3 is 0 Å². The third-order valence-electron chi connectivity index (χ3n) is 3.20. The highest BCUT2D eigenvalue weighted by Gasteiger charge is 2.26. The van der Waals surface area contributed by atoms with Gasteiger partial charge in [-0.3, -0.25) is 0 Å². The Morgan fingerprint density at radius 3 is 3.26 bits per heavy atom. The first-order valence-electron chi connectivity index (χ1n) is 6.17. The van der Waals surface area contributed by atoms with Crippen molar-refractivity contribution in [1.82, 2.24) is 19.9 Å². The topological polar surface area (TPSA) is 99.2 Å². The first kappa shape index (κ1) is 12.1. The Hall–Kier alpha value is -1.93. The summed E-state index contributed by atoms with van der Waals surface area (Å²) in [5, 5.41) is 12.4. The van der Waals surface area contributed by atoms with Crippen molar-refractivity contribution in [3.05, 3.63) is 6.33 Å². The van der Waals surface area contributed by atoms with Crippen LogP contribution in [0.4, 0.5) is 11.8 Å². The molecule has 3 rings (SSSR count). The Labute approximate surface area is 109 Å². The van der Waals surface area contributed by atoms with E-state index in [1.54, 1.807) is 13.4 Å². The number of hydrogen-bond donors (Lipinski definition) is 3. The Bertz CT molecular complexity index is 571. The van der Waals surface area contributed by atoms with Crippen LogP contribution in [-0.4, -0.2) is 64.5 Å². The van der Waals surface area contributed by atoms with Crippen molar-refractivity contribution in [3.8, 4) is 0 Å². The molecule has 1 aliphatic heterocycles. The molecule has 8 heteroatoms. The number of nitrogens with zero attached hydrogens (tertiary/aromatic N) is 4. The zero-order valence-electron chi connectivity index (χ0n) is 10.6. The van der Waals surface area contributed by atoms with Gasteiger partial charge in [0.15, 0.2) is 11.5 Å². The summed E-state index contributed by atoms with van der Waals surface area (Å²) >= 11 is 0. The molecule has 0 radical (unpaired) electrons. The number of aromatic amines is 1. The number of nitrogens with one attached hydrogen (secondary N) is 2. The third-order valence-corrected chi connectivity index (χ3v) is 3.20. The van der Waals surface area contributed by atoms with Gasteiger partial charge in [0.1, 0.15) is 5.52 Å². The van der Waals surface area contributed by atoms with Crippen molar-refractivity contribution in [2.45, 2.75) is 6.04 Å². The highest BCUT2D eigenvalue weighted by atomic mass is 16.5. The van der Waals surface area contributed by atoms with Crippen LogP contribution in [0.2, 0.25) is 0 Å². The van der Waals surface area contributed by atoms with Gasteiger partial charge in [-0.05, 0) is 0 Å². The number of fused-ring (bicyclic) bond motifs is 1. The van der Waals surface area contributed by atoms with E-state index in [1.807, 2.05) is 4.90 Å². The van der Waals surface area contributed by atoms with Crippen LogP contribution in [0.3, 0.4) is 0 Å². The maximum absolute atomic E-state index is 9.47. The van der Waals surface area contributed by atoms with Gasteiger partial charge < -0.3 is 25.0 Å². The minimum Gasteiger partial charge on any atom is -0.394 e. The number of H-pyrrole nitrogens is 1. The lowest BCUT2D eigenvalue weighted by molar-refractivity contribution is 0.0724. The molecule has 0 bridgehead atoms. The minimum atomic E-state index is -0.0974. The second-order valence-corrected chi connectivity index (χ2v) is 4.33. The van der Waals surface area contributed by atoms with Gasteiger partial charge in [0.2, 0.25) is 5.95 Å². The van der Waals surface area contributed by atoms with Gasteiger partial charge in [-0.2, -0.15) is 9.97 Å². The Balaban J connectivity index is 2.08. The maximum atomic E-state index is 9.47. The lowest BCUT2D eigenvalue weighted by Crippen LogP contribution is -2.48. The summed E-state index contributed by atoms with van der Waals surface area (Å²) in [5.74, 6) is 1.26. The number of anilines is 2. The van der Waals surface area contributed by atoms with Crippen LogP contribution in [0, 0.1) is 0 Å². The lowest BCUT2D eigenvalue weighted by atomic mass is 10.2. The number of hydrogen-bond acceptors (Lipinski definition) is 7. The van der Waals surface area contributed by atoms with Gasteiger partial charge in [0.05, 0.1) is 32.2 Å². The average Bonchev–Trinajstić information content (AvgIpc) is 2.94. The summed E-state index contributed by atoms with van der Waals surface area (Å²) in [7, 11) is 1.76. The molecule has 3 heterocycles. The normalized spacial score (nSPS) is 19.9. The number of imidazole rings is 1. The highest BCUT2D eigenvalue weighted by molar-refractivity contribution is 5.84. The summed E-state index contributed by atoms with van der Waals surface area (Å²) in [6.45, 7) is 1.81. The Kier molecular flexibility index (Phi) is 3.18. The summed E-state index contributed by atoms with van der Waals surface area (Å²) < 4.78 is 5.39. The standard InChI is InChI=1S/C11H16N6O2/c1-12-11-15-9-8(13-6-14-9)10(16-11)17-2-3-19-5-7(17)4-18/h6-7,18H,2-5H2,1H3,(H2,12,13,14,15,16). The number of morpholine rings is 1. The fraction of sp³-hybridized carbons (Fsp3) is 0.545. The van der Waals surface area contributed by atoms with Gasteiger partial charge in [-0.1, -0.05) is 0 Å². The van der Waals surface area contributed by atoms with Crippen LogP contribution in [0.15, 0.2) is 6.33 Å². The predicted octanol–water partition coefficient (Wildman–Crippen LogP) is -0.408. The van der Waals surface area contributed by atoms with Crippen molar-refractivity contribution in [1.29, 1.82) is 0 Å². The number of aliphatic hydroxyl groups excluding tert-OH is 1. The summed E-state index contributed by atoms with van der Waals surface area (Å²) in [5.41, 5.74) is 1.39. The first-order chi connectivity index (χ1) is 9.33. The average molecular weight is 264 g/mol.